The van der Waals surface area contributed by atoms with Crippen LogP contribution < -0.4 is 9.47 Å². The fraction of sp³-hybridized carbons (Fsp3) is 0.250. The van der Waals surface area contributed by atoms with E-state index >= 15 is 0 Å². The highest BCUT2D eigenvalue weighted by molar-refractivity contribution is 5.29. The molecule has 0 saturated carbocycles. The van der Waals surface area contributed by atoms with Crippen LogP contribution in [-0.4, -0.2) is 13.2 Å². The van der Waals surface area contributed by atoms with Crippen LogP contribution in [0, 0.1) is 20.8 Å². The molecule has 0 unspecified atom stereocenters. The van der Waals surface area contributed by atoms with Gasteiger partial charge >= 0.3 is 0 Å². The summed E-state index contributed by atoms with van der Waals surface area (Å²) in [6.07, 6.45) is 0. The second kappa shape index (κ2) is 8.57. The summed E-state index contributed by atoms with van der Waals surface area (Å²) in [4.78, 5) is 0. The molecule has 2 nitrogen and oxygen atoms in total. The summed E-state index contributed by atoms with van der Waals surface area (Å²) >= 11 is 0. The van der Waals surface area contributed by atoms with E-state index in [-0.39, 0.29) is 5.92 Å². The number of aryl methyl sites for hydroxylation is 3. The SMILES string of the molecule is Cc1ccc(OCC(COc2ccc(C)cc2)c2ccc(C)cc2)cc1. The Labute approximate surface area is 156 Å². The van der Waals surface area contributed by atoms with Crippen LogP contribution >= 0.6 is 0 Å². The highest BCUT2D eigenvalue weighted by Gasteiger charge is 2.14. The molecule has 0 aliphatic rings. The van der Waals surface area contributed by atoms with E-state index in [0.717, 1.165) is 11.5 Å². The zero-order valence-corrected chi connectivity index (χ0v) is 15.7. The molecule has 2 heteroatoms. The van der Waals surface area contributed by atoms with E-state index in [1.54, 1.807) is 0 Å². The lowest BCUT2D eigenvalue weighted by molar-refractivity contribution is 0.219. The summed E-state index contributed by atoms with van der Waals surface area (Å²) in [7, 11) is 0. The van der Waals surface area contributed by atoms with Crippen LogP contribution in [0.4, 0.5) is 0 Å². The van der Waals surface area contributed by atoms with Crippen LogP contribution in [0.15, 0.2) is 72.8 Å². The molecular weight excluding hydrogens is 320 g/mol. The van der Waals surface area contributed by atoms with Crippen molar-refractivity contribution in [3.05, 3.63) is 95.1 Å². The standard InChI is InChI=1S/C24H26O2/c1-18-4-10-21(11-5-18)22(16-25-23-12-6-19(2)7-13-23)17-26-24-14-8-20(3)9-15-24/h4-15,22H,16-17H2,1-3H3. The maximum Gasteiger partial charge on any atom is 0.119 e. The Kier molecular flexibility index (Phi) is 5.96. The summed E-state index contributed by atoms with van der Waals surface area (Å²) in [5.41, 5.74) is 4.95. The van der Waals surface area contributed by atoms with E-state index in [1.807, 2.05) is 24.3 Å². The Balaban J connectivity index is 1.69. The Bertz CT molecular complexity index is 753. The zero-order valence-electron chi connectivity index (χ0n) is 15.7. The van der Waals surface area contributed by atoms with Crippen molar-refractivity contribution < 1.29 is 9.47 Å². The maximum atomic E-state index is 6.04. The molecule has 3 aromatic rings. The number of hydrogen-bond donors (Lipinski definition) is 0. The molecule has 0 saturated heterocycles. The summed E-state index contributed by atoms with van der Waals surface area (Å²) in [6, 6.07) is 24.9. The highest BCUT2D eigenvalue weighted by atomic mass is 16.5. The van der Waals surface area contributed by atoms with Gasteiger partial charge in [-0.2, -0.15) is 0 Å². The smallest absolute Gasteiger partial charge is 0.119 e. The first-order valence-corrected chi connectivity index (χ1v) is 9.05. The molecule has 0 spiro atoms. The Hall–Kier alpha value is -2.74. The minimum Gasteiger partial charge on any atom is -0.493 e. The van der Waals surface area contributed by atoms with Gasteiger partial charge in [0.05, 0.1) is 19.1 Å². The summed E-state index contributed by atoms with van der Waals surface area (Å²) in [5, 5.41) is 0. The van der Waals surface area contributed by atoms with Crippen molar-refractivity contribution >= 4 is 0 Å². The zero-order chi connectivity index (χ0) is 18.4. The molecule has 26 heavy (non-hydrogen) atoms. The summed E-state index contributed by atoms with van der Waals surface area (Å²) in [6.45, 7) is 7.42. The number of rotatable bonds is 7. The second-order valence-electron chi connectivity index (χ2n) is 6.86. The van der Waals surface area contributed by atoms with Crippen LogP contribution in [0.25, 0.3) is 0 Å². The van der Waals surface area contributed by atoms with Gasteiger partial charge in [-0.15, -0.1) is 0 Å². The first-order valence-electron chi connectivity index (χ1n) is 9.05. The molecule has 3 rings (SSSR count). The van der Waals surface area contributed by atoms with Crippen LogP contribution in [0.3, 0.4) is 0 Å². The first-order chi connectivity index (χ1) is 12.6. The lowest BCUT2D eigenvalue weighted by Gasteiger charge is -2.19. The van der Waals surface area contributed by atoms with Crippen molar-refractivity contribution in [1.29, 1.82) is 0 Å². The molecule has 134 valence electrons. The molecule has 0 aliphatic heterocycles. The van der Waals surface area contributed by atoms with E-state index in [1.165, 1.54) is 22.3 Å². The van der Waals surface area contributed by atoms with E-state index in [9.17, 15) is 0 Å². The first kappa shape index (κ1) is 18.1. The molecule has 0 heterocycles. The van der Waals surface area contributed by atoms with E-state index in [4.69, 9.17) is 9.47 Å². The average Bonchev–Trinajstić information content (AvgIpc) is 2.65. The van der Waals surface area contributed by atoms with Crippen molar-refractivity contribution in [1.82, 2.24) is 0 Å². The van der Waals surface area contributed by atoms with Gasteiger partial charge in [0.15, 0.2) is 0 Å². The van der Waals surface area contributed by atoms with Crippen molar-refractivity contribution in [3.63, 3.8) is 0 Å². The van der Waals surface area contributed by atoms with Crippen LogP contribution in [0.1, 0.15) is 28.2 Å². The number of benzene rings is 3. The normalized spacial score (nSPS) is 10.8. The average molecular weight is 346 g/mol. The van der Waals surface area contributed by atoms with Gasteiger partial charge in [0, 0.05) is 0 Å². The van der Waals surface area contributed by atoms with Gasteiger partial charge in [-0.25, -0.2) is 0 Å². The van der Waals surface area contributed by atoms with Crippen LogP contribution in [0.5, 0.6) is 11.5 Å². The van der Waals surface area contributed by atoms with Crippen molar-refractivity contribution in [2.75, 3.05) is 13.2 Å². The van der Waals surface area contributed by atoms with Crippen molar-refractivity contribution in [2.45, 2.75) is 26.7 Å². The molecule has 0 atom stereocenters. The van der Waals surface area contributed by atoms with Gasteiger partial charge in [0.2, 0.25) is 0 Å². The third kappa shape index (κ3) is 5.13. The lowest BCUT2D eigenvalue weighted by atomic mass is 9.99. The second-order valence-corrected chi connectivity index (χ2v) is 6.86. The fourth-order valence-corrected chi connectivity index (χ4v) is 2.74. The molecule has 0 fully saturated rings. The Morgan fingerprint density at radius 3 is 1.27 bits per heavy atom. The number of hydrogen-bond acceptors (Lipinski definition) is 2. The molecule has 0 aromatic heterocycles. The topological polar surface area (TPSA) is 18.5 Å². The van der Waals surface area contributed by atoms with Crippen molar-refractivity contribution in [3.8, 4) is 11.5 Å². The summed E-state index contributed by atoms with van der Waals surface area (Å²) < 4.78 is 12.1. The Morgan fingerprint density at radius 1 is 0.538 bits per heavy atom. The predicted molar refractivity (Wildman–Crippen MR) is 107 cm³/mol. The molecule has 0 N–H and O–H groups in total. The fourth-order valence-electron chi connectivity index (χ4n) is 2.74. The minimum atomic E-state index is 0.165. The van der Waals surface area contributed by atoms with Gasteiger partial charge in [0.1, 0.15) is 11.5 Å². The van der Waals surface area contributed by atoms with Gasteiger partial charge in [-0.3, -0.25) is 0 Å². The van der Waals surface area contributed by atoms with Crippen LogP contribution in [0.2, 0.25) is 0 Å². The lowest BCUT2D eigenvalue weighted by Crippen LogP contribution is -2.18. The monoisotopic (exact) mass is 346 g/mol. The van der Waals surface area contributed by atoms with E-state index in [2.05, 4.69) is 69.3 Å². The highest BCUT2D eigenvalue weighted by Crippen LogP contribution is 2.22. The quantitative estimate of drug-likeness (QED) is 0.534. The predicted octanol–water partition coefficient (Wildman–Crippen LogP) is 5.85. The van der Waals surface area contributed by atoms with Gasteiger partial charge in [0.25, 0.3) is 0 Å². The molecular formula is C24H26O2. The van der Waals surface area contributed by atoms with Gasteiger partial charge in [-0.05, 0) is 50.6 Å². The molecule has 0 amide bonds. The Morgan fingerprint density at radius 2 is 0.885 bits per heavy atom. The summed E-state index contributed by atoms with van der Waals surface area (Å²) in [5.74, 6) is 1.95. The third-order valence-electron chi connectivity index (χ3n) is 4.49. The van der Waals surface area contributed by atoms with E-state index < -0.39 is 0 Å². The minimum absolute atomic E-state index is 0.165. The van der Waals surface area contributed by atoms with Crippen LogP contribution in [-0.2, 0) is 0 Å². The van der Waals surface area contributed by atoms with Crippen molar-refractivity contribution in [2.24, 2.45) is 0 Å². The molecule has 0 radical (unpaired) electrons. The molecule has 0 aliphatic carbocycles. The molecule has 3 aromatic carbocycles. The number of ether oxygens (including phenoxy) is 2. The maximum absolute atomic E-state index is 6.04. The van der Waals surface area contributed by atoms with E-state index in [0.29, 0.717) is 13.2 Å². The largest absolute Gasteiger partial charge is 0.493 e. The van der Waals surface area contributed by atoms with Gasteiger partial charge < -0.3 is 9.47 Å². The van der Waals surface area contributed by atoms with Gasteiger partial charge in [-0.1, -0.05) is 65.2 Å². The molecule has 0 bridgehead atoms. The third-order valence-corrected chi connectivity index (χ3v) is 4.49.